The summed E-state index contributed by atoms with van der Waals surface area (Å²) in [6.07, 6.45) is 2.97. The molecule has 114 valence electrons. The predicted octanol–water partition coefficient (Wildman–Crippen LogP) is 3.34. The Morgan fingerprint density at radius 1 is 1.13 bits per heavy atom. The number of benzene rings is 1. The summed E-state index contributed by atoms with van der Waals surface area (Å²) < 4.78 is 0. The van der Waals surface area contributed by atoms with Crippen molar-refractivity contribution in [2.24, 2.45) is 0 Å². The van der Waals surface area contributed by atoms with Gasteiger partial charge in [-0.3, -0.25) is 9.89 Å². The van der Waals surface area contributed by atoms with Crippen LogP contribution < -0.4 is 10.6 Å². The molecule has 1 amide bonds. The molecule has 3 rings (SSSR count). The molecule has 0 saturated carbocycles. The smallest absolute Gasteiger partial charge is 0.247 e. The summed E-state index contributed by atoms with van der Waals surface area (Å²) in [4.78, 5) is 16.0. The third-order valence-corrected chi connectivity index (χ3v) is 3.12. The maximum Gasteiger partial charge on any atom is 0.247 e. The van der Waals surface area contributed by atoms with Crippen LogP contribution in [0.4, 0.5) is 17.3 Å². The molecule has 3 aromatic rings. The van der Waals surface area contributed by atoms with Crippen LogP contribution in [0.2, 0.25) is 0 Å². The van der Waals surface area contributed by atoms with Crippen molar-refractivity contribution in [3.05, 3.63) is 67.4 Å². The van der Waals surface area contributed by atoms with E-state index in [1.165, 1.54) is 6.08 Å². The quantitative estimate of drug-likeness (QED) is 0.631. The molecular weight excluding hydrogens is 290 g/mol. The van der Waals surface area contributed by atoms with E-state index in [2.05, 4.69) is 32.4 Å². The molecule has 6 nitrogen and oxygen atoms in total. The van der Waals surface area contributed by atoms with Crippen LogP contribution in [-0.2, 0) is 4.79 Å². The molecule has 1 aromatic carbocycles. The molecular formula is C17H15N5O. The average Bonchev–Trinajstić information content (AvgIpc) is 3.08. The summed E-state index contributed by atoms with van der Waals surface area (Å²) in [5, 5.41) is 12.6. The highest BCUT2D eigenvalue weighted by molar-refractivity contribution is 5.99. The van der Waals surface area contributed by atoms with Gasteiger partial charge in [-0.1, -0.05) is 24.8 Å². The topological polar surface area (TPSA) is 82.7 Å². The Kier molecular flexibility index (Phi) is 4.15. The lowest BCUT2D eigenvalue weighted by atomic mass is 10.1. The highest BCUT2D eigenvalue weighted by atomic mass is 16.1. The number of aromatic nitrogens is 3. The lowest BCUT2D eigenvalue weighted by Gasteiger charge is -2.08. The summed E-state index contributed by atoms with van der Waals surface area (Å²) in [6, 6.07) is 15.0. The van der Waals surface area contributed by atoms with Crippen molar-refractivity contribution < 1.29 is 4.79 Å². The number of rotatable bonds is 5. The summed E-state index contributed by atoms with van der Waals surface area (Å²) in [6.45, 7) is 3.44. The normalized spacial score (nSPS) is 10.1. The zero-order valence-electron chi connectivity index (χ0n) is 12.3. The highest BCUT2D eigenvalue weighted by Crippen LogP contribution is 2.23. The van der Waals surface area contributed by atoms with Gasteiger partial charge in [0, 0.05) is 23.5 Å². The van der Waals surface area contributed by atoms with Crippen molar-refractivity contribution in [3.63, 3.8) is 0 Å². The number of amides is 1. The van der Waals surface area contributed by atoms with Crippen LogP contribution in [0, 0.1) is 0 Å². The van der Waals surface area contributed by atoms with E-state index >= 15 is 0 Å². The molecule has 0 bridgehead atoms. The maximum atomic E-state index is 11.4. The highest BCUT2D eigenvalue weighted by Gasteiger charge is 2.04. The average molecular weight is 305 g/mol. The first-order valence-electron chi connectivity index (χ1n) is 7.02. The van der Waals surface area contributed by atoms with Gasteiger partial charge in [0.2, 0.25) is 5.91 Å². The Morgan fingerprint density at radius 3 is 2.78 bits per heavy atom. The van der Waals surface area contributed by atoms with Crippen molar-refractivity contribution >= 4 is 23.2 Å². The molecule has 0 aliphatic rings. The van der Waals surface area contributed by atoms with E-state index in [1.54, 1.807) is 6.20 Å². The van der Waals surface area contributed by atoms with Crippen molar-refractivity contribution in [1.29, 1.82) is 0 Å². The summed E-state index contributed by atoms with van der Waals surface area (Å²) in [7, 11) is 0. The molecule has 0 aliphatic heterocycles. The van der Waals surface area contributed by atoms with Gasteiger partial charge in [0.1, 0.15) is 5.82 Å². The van der Waals surface area contributed by atoms with Crippen LogP contribution in [0.1, 0.15) is 0 Å². The number of pyridine rings is 1. The summed E-state index contributed by atoms with van der Waals surface area (Å²) in [5.74, 6) is 1.14. The van der Waals surface area contributed by atoms with Gasteiger partial charge in [-0.2, -0.15) is 5.10 Å². The van der Waals surface area contributed by atoms with Crippen molar-refractivity contribution in [1.82, 2.24) is 15.2 Å². The van der Waals surface area contributed by atoms with Gasteiger partial charge in [0.05, 0.1) is 5.69 Å². The van der Waals surface area contributed by atoms with Crippen molar-refractivity contribution in [3.8, 4) is 11.3 Å². The van der Waals surface area contributed by atoms with Crippen molar-refractivity contribution in [2.45, 2.75) is 0 Å². The van der Waals surface area contributed by atoms with Crippen LogP contribution >= 0.6 is 0 Å². The minimum Gasteiger partial charge on any atom is -0.323 e. The van der Waals surface area contributed by atoms with E-state index in [0.29, 0.717) is 17.3 Å². The second-order valence-corrected chi connectivity index (χ2v) is 4.77. The lowest BCUT2D eigenvalue weighted by Crippen LogP contribution is -2.07. The number of anilines is 3. The summed E-state index contributed by atoms with van der Waals surface area (Å²) >= 11 is 0. The fraction of sp³-hybridized carbons (Fsp3) is 0. The predicted molar refractivity (Wildman–Crippen MR) is 90.4 cm³/mol. The van der Waals surface area contributed by atoms with Gasteiger partial charge >= 0.3 is 0 Å². The Balaban J connectivity index is 1.85. The minimum atomic E-state index is -0.246. The molecule has 0 atom stereocenters. The summed E-state index contributed by atoms with van der Waals surface area (Å²) in [5.41, 5.74) is 2.39. The molecule has 0 fully saturated rings. The first-order valence-corrected chi connectivity index (χ1v) is 7.02. The fourth-order valence-corrected chi connectivity index (χ4v) is 2.08. The van der Waals surface area contributed by atoms with Crippen LogP contribution in [0.15, 0.2) is 67.4 Å². The molecule has 0 spiro atoms. The Labute approximate surface area is 133 Å². The van der Waals surface area contributed by atoms with E-state index < -0.39 is 0 Å². The molecule has 6 heteroatoms. The Bertz CT molecular complexity index is 827. The van der Waals surface area contributed by atoms with E-state index in [0.717, 1.165) is 11.3 Å². The third-order valence-electron chi connectivity index (χ3n) is 3.12. The maximum absolute atomic E-state index is 11.4. The molecule has 0 saturated heterocycles. The van der Waals surface area contributed by atoms with E-state index in [1.807, 2.05) is 48.5 Å². The Hall–Kier alpha value is -3.41. The van der Waals surface area contributed by atoms with Gasteiger partial charge in [0.15, 0.2) is 5.82 Å². The number of aromatic amines is 1. The number of nitrogens with one attached hydrogen (secondary N) is 3. The standard InChI is InChI=1S/C17H15N5O/c1-2-17(23)19-13-6-3-5-12(11-13)14-7-4-8-15(20-14)21-16-9-10-18-22-16/h2-11H,1H2,(H,19,23)(H2,18,20,21,22). The first-order chi connectivity index (χ1) is 11.2. The number of carbonyl (C=O) groups is 1. The number of carbonyl (C=O) groups excluding carboxylic acids is 1. The van der Waals surface area contributed by atoms with Gasteiger partial charge in [-0.25, -0.2) is 4.98 Å². The fourth-order valence-electron chi connectivity index (χ4n) is 2.08. The molecule has 2 aromatic heterocycles. The van der Waals surface area contributed by atoms with Gasteiger partial charge in [0.25, 0.3) is 0 Å². The van der Waals surface area contributed by atoms with Crippen LogP contribution in [-0.4, -0.2) is 21.1 Å². The Morgan fingerprint density at radius 2 is 2.00 bits per heavy atom. The van der Waals surface area contributed by atoms with Crippen LogP contribution in [0.5, 0.6) is 0 Å². The molecule has 0 radical (unpaired) electrons. The number of hydrogen-bond acceptors (Lipinski definition) is 4. The molecule has 0 aliphatic carbocycles. The van der Waals surface area contributed by atoms with Crippen molar-refractivity contribution in [2.75, 3.05) is 10.6 Å². The van der Waals surface area contributed by atoms with Gasteiger partial charge in [-0.05, 0) is 30.3 Å². The molecule has 3 N–H and O–H groups in total. The zero-order valence-corrected chi connectivity index (χ0v) is 12.3. The SMILES string of the molecule is C=CC(=O)Nc1cccc(-c2cccc(Nc3cc[nH]n3)n2)c1. The van der Waals surface area contributed by atoms with Gasteiger partial charge in [-0.15, -0.1) is 0 Å². The molecule has 23 heavy (non-hydrogen) atoms. The van der Waals surface area contributed by atoms with Gasteiger partial charge < -0.3 is 10.6 Å². The first kappa shape index (κ1) is 14.5. The van der Waals surface area contributed by atoms with E-state index in [9.17, 15) is 4.79 Å². The largest absolute Gasteiger partial charge is 0.323 e. The number of nitrogens with zero attached hydrogens (tertiary/aromatic N) is 2. The number of H-pyrrole nitrogens is 1. The monoisotopic (exact) mass is 305 g/mol. The number of hydrogen-bond donors (Lipinski definition) is 3. The van der Waals surface area contributed by atoms with Crippen LogP contribution in [0.25, 0.3) is 11.3 Å². The van der Waals surface area contributed by atoms with E-state index in [-0.39, 0.29) is 5.91 Å². The van der Waals surface area contributed by atoms with Crippen LogP contribution in [0.3, 0.4) is 0 Å². The molecule has 2 heterocycles. The molecule has 0 unspecified atom stereocenters. The zero-order chi connectivity index (χ0) is 16.1. The third kappa shape index (κ3) is 3.62. The van der Waals surface area contributed by atoms with E-state index in [4.69, 9.17) is 0 Å². The second-order valence-electron chi connectivity index (χ2n) is 4.77. The second kappa shape index (κ2) is 6.57. The lowest BCUT2D eigenvalue weighted by molar-refractivity contribution is -0.111. The minimum absolute atomic E-state index is 0.246.